The number of carbonyl (C=O) groups is 2. The number of hydrogen-bond donors (Lipinski definition) is 3. The lowest BCUT2D eigenvalue weighted by Crippen LogP contribution is -2.45. The smallest absolute Gasteiger partial charge is 0.391 e. The lowest BCUT2D eigenvalue weighted by atomic mass is 10.1. The number of hydrogen-bond acceptors (Lipinski definition) is 3. The fourth-order valence-corrected chi connectivity index (χ4v) is 1.51. The SMILES string of the molecule is O=C(NCC(O)Cc1ccccc1)C(=O)NCC(F)(F)F. The lowest BCUT2D eigenvalue weighted by molar-refractivity contribution is -0.146. The van der Waals surface area contributed by atoms with Crippen LogP contribution >= 0.6 is 0 Å². The molecule has 1 rings (SSSR count). The number of nitrogens with one attached hydrogen (secondary N) is 2. The van der Waals surface area contributed by atoms with Crippen LogP contribution in [0, 0.1) is 0 Å². The van der Waals surface area contributed by atoms with E-state index in [9.17, 15) is 27.9 Å². The van der Waals surface area contributed by atoms with Crippen molar-refractivity contribution < 1.29 is 27.9 Å². The minimum Gasteiger partial charge on any atom is -0.391 e. The highest BCUT2D eigenvalue weighted by Crippen LogP contribution is 2.11. The van der Waals surface area contributed by atoms with Crippen molar-refractivity contribution in [3.63, 3.8) is 0 Å². The van der Waals surface area contributed by atoms with E-state index in [0.29, 0.717) is 0 Å². The second kappa shape index (κ2) is 7.63. The Labute approximate surface area is 119 Å². The number of aliphatic hydroxyl groups excluding tert-OH is 1. The minimum atomic E-state index is -4.58. The zero-order valence-electron chi connectivity index (χ0n) is 11.0. The van der Waals surface area contributed by atoms with Gasteiger partial charge in [-0.3, -0.25) is 9.59 Å². The quantitative estimate of drug-likeness (QED) is 0.688. The number of rotatable bonds is 5. The van der Waals surface area contributed by atoms with Crippen molar-refractivity contribution in [2.75, 3.05) is 13.1 Å². The molecule has 2 amide bonds. The van der Waals surface area contributed by atoms with Crippen LogP contribution in [-0.2, 0) is 16.0 Å². The average Bonchev–Trinajstić information content (AvgIpc) is 2.42. The fourth-order valence-electron chi connectivity index (χ4n) is 1.51. The first-order valence-corrected chi connectivity index (χ1v) is 6.12. The van der Waals surface area contributed by atoms with Gasteiger partial charge in [0.2, 0.25) is 0 Å². The van der Waals surface area contributed by atoms with Crippen molar-refractivity contribution in [1.82, 2.24) is 10.6 Å². The van der Waals surface area contributed by atoms with Crippen molar-refractivity contribution in [3.05, 3.63) is 35.9 Å². The molecule has 8 heteroatoms. The van der Waals surface area contributed by atoms with Crippen LogP contribution in [-0.4, -0.2) is 42.3 Å². The molecule has 116 valence electrons. The summed E-state index contributed by atoms with van der Waals surface area (Å²) < 4.78 is 35.5. The molecule has 0 bridgehead atoms. The van der Waals surface area contributed by atoms with Crippen LogP contribution in [0.25, 0.3) is 0 Å². The molecule has 0 aliphatic heterocycles. The average molecular weight is 304 g/mol. The number of amides is 2. The predicted molar refractivity (Wildman–Crippen MR) is 68.2 cm³/mol. The maximum atomic E-state index is 11.8. The third-order valence-corrected chi connectivity index (χ3v) is 2.47. The van der Waals surface area contributed by atoms with Gasteiger partial charge >= 0.3 is 18.0 Å². The van der Waals surface area contributed by atoms with Gasteiger partial charge < -0.3 is 15.7 Å². The highest BCUT2D eigenvalue weighted by Gasteiger charge is 2.29. The summed E-state index contributed by atoms with van der Waals surface area (Å²) in [4.78, 5) is 22.3. The molecular formula is C13H15F3N2O3. The summed E-state index contributed by atoms with van der Waals surface area (Å²) >= 11 is 0. The van der Waals surface area contributed by atoms with Crippen molar-refractivity contribution in [2.45, 2.75) is 18.7 Å². The second-order valence-corrected chi connectivity index (χ2v) is 4.35. The minimum absolute atomic E-state index is 0.229. The van der Waals surface area contributed by atoms with Crippen molar-refractivity contribution in [1.29, 1.82) is 0 Å². The van der Waals surface area contributed by atoms with Crippen LogP contribution in [0.3, 0.4) is 0 Å². The Kier molecular flexibility index (Phi) is 6.16. The predicted octanol–water partition coefficient (Wildman–Crippen LogP) is 0.385. The zero-order valence-corrected chi connectivity index (χ0v) is 11.0. The van der Waals surface area contributed by atoms with Gasteiger partial charge in [0.25, 0.3) is 0 Å². The summed E-state index contributed by atoms with van der Waals surface area (Å²) in [6, 6.07) is 8.93. The van der Waals surface area contributed by atoms with E-state index in [1.165, 1.54) is 5.32 Å². The summed E-state index contributed by atoms with van der Waals surface area (Å²) in [6.45, 7) is -1.81. The molecule has 1 atom stereocenters. The van der Waals surface area contributed by atoms with Gasteiger partial charge in [0, 0.05) is 13.0 Å². The van der Waals surface area contributed by atoms with E-state index in [2.05, 4.69) is 5.32 Å². The molecule has 0 radical (unpaired) electrons. The van der Waals surface area contributed by atoms with Crippen molar-refractivity contribution in [3.8, 4) is 0 Å². The normalized spacial score (nSPS) is 12.6. The molecule has 0 aliphatic carbocycles. The van der Waals surface area contributed by atoms with E-state index in [-0.39, 0.29) is 13.0 Å². The summed E-state index contributed by atoms with van der Waals surface area (Å²) in [6.07, 6.45) is -5.26. The van der Waals surface area contributed by atoms with Crippen molar-refractivity contribution >= 4 is 11.8 Å². The third kappa shape index (κ3) is 7.31. The molecule has 5 nitrogen and oxygen atoms in total. The molecule has 0 spiro atoms. The molecule has 1 aromatic rings. The molecule has 0 heterocycles. The molecule has 1 unspecified atom stereocenters. The molecule has 3 N–H and O–H groups in total. The summed E-state index contributed by atoms with van der Waals surface area (Å²) in [5, 5.41) is 13.2. The largest absolute Gasteiger partial charge is 0.405 e. The number of aliphatic hydroxyl groups is 1. The highest BCUT2D eigenvalue weighted by molar-refractivity contribution is 6.35. The van der Waals surface area contributed by atoms with Gasteiger partial charge in [-0.1, -0.05) is 30.3 Å². The van der Waals surface area contributed by atoms with E-state index in [0.717, 1.165) is 5.56 Å². The molecule has 0 aliphatic rings. The number of alkyl halides is 3. The van der Waals surface area contributed by atoms with Gasteiger partial charge in [-0.05, 0) is 5.56 Å². The van der Waals surface area contributed by atoms with E-state index in [1.807, 2.05) is 6.07 Å². The van der Waals surface area contributed by atoms with E-state index < -0.39 is 30.6 Å². The van der Waals surface area contributed by atoms with Crippen molar-refractivity contribution in [2.24, 2.45) is 0 Å². The molecule has 0 fully saturated rings. The van der Waals surface area contributed by atoms with Crippen LogP contribution in [0.5, 0.6) is 0 Å². The fraction of sp³-hybridized carbons (Fsp3) is 0.385. The Bertz CT molecular complexity index is 477. The third-order valence-electron chi connectivity index (χ3n) is 2.47. The van der Waals surface area contributed by atoms with Crippen LogP contribution < -0.4 is 10.6 Å². The molecule has 0 saturated carbocycles. The van der Waals surface area contributed by atoms with E-state index in [1.54, 1.807) is 24.3 Å². The number of benzene rings is 1. The maximum Gasteiger partial charge on any atom is 0.405 e. The molecule has 21 heavy (non-hydrogen) atoms. The monoisotopic (exact) mass is 304 g/mol. The first-order chi connectivity index (χ1) is 9.78. The Balaban J connectivity index is 2.30. The molecule has 0 saturated heterocycles. The topological polar surface area (TPSA) is 78.4 Å². The standard InChI is InChI=1S/C13H15F3N2O3/c14-13(15,16)8-18-12(21)11(20)17-7-10(19)6-9-4-2-1-3-5-9/h1-5,10,19H,6-8H2,(H,17,20)(H,18,21). The van der Waals surface area contributed by atoms with Gasteiger partial charge in [-0.25, -0.2) is 0 Å². The van der Waals surface area contributed by atoms with Crippen LogP contribution in [0.1, 0.15) is 5.56 Å². The van der Waals surface area contributed by atoms with E-state index in [4.69, 9.17) is 0 Å². The molecule has 1 aromatic carbocycles. The van der Waals surface area contributed by atoms with Gasteiger partial charge in [0.15, 0.2) is 0 Å². The summed E-state index contributed by atoms with van der Waals surface area (Å²) in [7, 11) is 0. The zero-order chi connectivity index (χ0) is 15.9. The first-order valence-electron chi connectivity index (χ1n) is 6.12. The maximum absolute atomic E-state index is 11.8. The lowest BCUT2D eigenvalue weighted by Gasteiger charge is -2.12. The van der Waals surface area contributed by atoms with Gasteiger partial charge in [-0.15, -0.1) is 0 Å². The Morgan fingerprint density at radius 3 is 2.24 bits per heavy atom. The molecule has 0 aromatic heterocycles. The first kappa shape index (κ1) is 17.0. The van der Waals surface area contributed by atoms with Gasteiger partial charge in [0.05, 0.1) is 6.10 Å². The van der Waals surface area contributed by atoms with Crippen LogP contribution in [0.15, 0.2) is 30.3 Å². The second-order valence-electron chi connectivity index (χ2n) is 4.35. The van der Waals surface area contributed by atoms with Crippen LogP contribution in [0.4, 0.5) is 13.2 Å². The van der Waals surface area contributed by atoms with E-state index >= 15 is 0 Å². The summed E-state index contributed by atoms with van der Waals surface area (Å²) in [5.41, 5.74) is 0.834. The highest BCUT2D eigenvalue weighted by atomic mass is 19.4. The summed E-state index contributed by atoms with van der Waals surface area (Å²) in [5.74, 6) is -2.61. The molecular weight excluding hydrogens is 289 g/mol. The number of carbonyl (C=O) groups excluding carboxylic acids is 2. The number of halogens is 3. The Morgan fingerprint density at radius 1 is 1.10 bits per heavy atom. The Hall–Kier alpha value is -2.09. The van der Waals surface area contributed by atoms with Gasteiger partial charge in [-0.2, -0.15) is 13.2 Å². The van der Waals surface area contributed by atoms with Crippen LogP contribution in [0.2, 0.25) is 0 Å². The Morgan fingerprint density at radius 2 is 1.67 bits per heavy atom. The van der Waals surface area contributed by atoms with Gasteiger partial charge in [0.1, 0.15) is 6.54 Å².